The highest BCUT2D eigenvalue weighted by Gasteiger charge is 2.63. The van der Waals surface area contributed by atoms with Crippen molar-refractivity contribution in [2.75, 3.05) is 6.61 Å². The molecule has 3 aliphatic carbocycles. The molecule has 1 heteroatoms. The summed E-state index contributed by atoms with van der Waals surface area (Å²) in [5.41, 5.74) is 1.04. The number of aliphatic hydroxyl groups excluding tert-OH is 1. The van der Waals surface area contributed by atoms with Crippen molar-refractivity contribution in [3.05, 3.63) is 0 Å². The number of hydrogen-bond donors (Lipinski definition) is 1. The minimum absolute atomic E-state index is 0.374. The Morgan fingerprint density at radius 3 is 2.62 bits per heavy atom. The van der Waals surface area contributed by atoms with Gasteiger partial charge in [-0.2, -0.15) is 0 Å². The van der Waals surface area contributed by atoms with Gasteiger partial charge in [0, 0.05) is 6.61 Å². The smallest absolute Gasteiger partial charge is 0.0467 e. The maximum absolute atomic E-state index is 9.73. The Kier molecular flexibility index (Phi) is 2.25. The van der Waals surface area contributed by atoms with Crippen molar-refractivity contribution >= 4 is 0 Å². The summed E-state index contributed by atoms with van der Waals surface area (Å²) >= 11 is 0. The van der Waals surface area contributed by atoms with E-state index in [1.54, 1.807) is 0 Å². The van der Waals surface area contributed by atoms with Gasteiger partial charge in [0.05, 0.1) is 0 Å². The molecule has 5 atom stereocenters. The second-order valence-corrected chi connectivity index (χ2v) is 7.38. The van der Waals surface area contributed by atoms with Gasteiger partial charge in [-0.05, 0) is 66.6 Å². The third-order valence-electron chi connectivity index (χ3n) is 6.81. The SMILES string of the molecule is CC1CCC2C(C)(C)C(CO)C3CCC12C3. The molecular weight excluding hydrogens is 196 g/mol. The molecular formula is C15H26O. The average molecular weight is 222 g/mol. The molecule has 3 saturated carbocycles. The van der Waals surface area contributed by atoms with E-state index in [1.807, 2.05) is 0 Å². The molecule has 0 aromatic heterocycles. The third-order valence-corrected chi connectivity index (χ3v) is 6.81. The van der Waals surface area contributed by atoms with Crippen LogP contribution in [0.2, 0.25) is 0 Å². The molecule has 0 amide bonds. The van der Waals surface area contributed by atoms with Crippen LogP contribution in [-0.4, -0.2) is 11.7 Å². The molecule has 3 fully saturated rings. The summed E-state index contributed by atoms with van der Waals surface area (Å²) in [5, 5.41) is 9.73. The maximum Gasteiger partial charge on any atom is 0.0467 e. The summed E-state index contributed by atoms with van der Waals surface area (Å²) in [7, 11) is 0. The second kappa shape index (κ2) is 3.25. The van der Waals surface area contributed by atoms with E-state index in [0.717, 1.165) is 17.8 Å². The van der Waals surface area contributed by atoms with Gasteiger partial charge in [-0.25, -0.2) is 0 Å². The normalized spacial score (nSPS) is 54.0. The van der Waals surface area contributed by atoms with Crippen molar-refractivity contribution in [3.8, 4) is 0 Å². The Labute approximate surface area is 99.6 Å². The molecule has 3 aliphatic rings. The number of rotatable bonds is 1. The zero-order valence-corrected chi connectivity index (χ0v) is 11.0. The van der Waals surface area contributed by atoms with Crippen LogP contribution in [0.3, 0.4) is 0 Å². The van der Waals surface area contributed by atoms with Crippen LogP contribution in [-0.2, 0) is 0 Å². The average Bonchev–Trinajstić information content (AvgIpc) is 2.74. The van der Waals surface area contributed by atoms with Gasteiger partial charge < -0.3 is 5.11 Å². The van der Waals surface area contributed by atoms with Crippen LogP contribution in [0.25, 0.3) is 0 Å². The van der Waals surface area contributed by atoms with E-state index in [-0.39, 0.29) is 0 Å². The first kappa shape index (κ1) is 11.1. The Morgan fingerprint density at radius 2 is 1.94 bits per heavy atom. The molecule has 0 heterocycles. The molecule has 92 valence electrons. The van der Waals surface area contributed by atoms with Crippen molar-refractivity contribution in [1.82, 2.24) is 0 Å². The van der Waals surface area contributed by atoms with Crippen LogP contribution in [0.1, 0.15) is 52.9 Å². The highest BCUT2D eigenvalue weighted by atomic mass is 16.3. The Morgan fingerprint density at radius 1 is 1.19 bits per heavy atom. The summed E-state index contributed by atoms with van der Waals surface area (Å²) in [4.78, 5) is 0. The van der Waals surface area contributed by atoms with E-state index in [9.17, 15) is 5.11 Å². The zero-order chi connectivity index (χ0) is 11.6. The number of fused-ring (bicyclic) bond motifs is 1. The van der Waals surface area contributed by atoms with Gasteiger partial charge in [-0.15, -0.1) is 0 Å². The van der Waals surface area contributed by atoms with Crippen LogP contribution in [0.4, 0.5) is 0 Å². The summed E-state index contributed by atoms with van der Waals surface area (Å²) < 4.78 is 0. The lowest BCUT2D eigenvalue weighted by atomic mass is 9.52. The maximum atomic E-state index is 9.73. The molecule has 3 rings (SSSR count). The van der Waals surface area contributed by atoms with Crippen LogP contribution < -0.4 is 0 Å². The Hall–Kier alpha value is -0.0400. The topological polar surface area (TPSA) is 20.2 Å². The molecule has 1 nitrogen and oxygen atoms in total. The zero-order valence-electron chi connectivity index (χ0n) is 11.0. The summed E-state index contributed by atoms with van der Waals surface area (Å²) in [6.07, 6.45) is 7.10. The fourth-order valence-electron chi connectivity index (χ4n) is 5.95. The van der Waals surface area contributed by atoms with E-state index in [4.69, 9.17) is 0 Å². The summed E-state index contributed by atoms with van der Waals surface area (Å²) in [6.45, 7) is 7.77. The minimum Gasteiger partial charge on any atom is -0.396 e. The highest BCUT2D eigenvalue weighted by molar-refractivity contribution is 5.12. The van der Waals surface area contributed by atoms with Crippen LogP contribution in [0.5, 0.6) is 0 Å². The van der Waals surface area contributed by atoms with E-state index >= 15 is 0 Å². The summed E-state index contributed by atoms with van der Waals surface area (Å²) in [5.74, 6) is 3.20. The quantitative estimate of drug-likeness (QED) is 0.720. The predicted molar refractivity (Wildman–Crippen MR) is 66.0 cm³/mol. The predicted octanol–water partition coefficient (Wildman–Crippen LogP) is 3.47. The molecule has 0 aromatic carbocycles. The van der Waals surface area contributed by atoms with E-state index in [1.165, 1.54) is 32.1 Å². The molecule has 0 saturated heterocycles. The molecule has 16 heavy (non-hydrogen) atoms. The van der Waals surface area contributed by atoms with E-state index in [2.05, 4.69) is 20.8 Å². The van der Waals surface area contributed by atoms with Gasteiger partial charge >= 0.3 is 0 Å². The molecule has 1 N–H and O–H groups in total. The van der Waals surface area contributed by atoms with Crippen LogP contribution in [0.15, 0.2) is 0 Å². The van der Waals surface area contributed by atoms with Crippen LogP contribution >= 0.6 is 0 Å². The van der Waals surface area contributed by atoms with Crippen molar-refractivity contribution < 1.29 is 5.11 Å². The monoisotopic (exact) mass is 222 g/mol. The van der Waals surface area contributed by atoms with Crippen LogP contribution in [0, 0.1) is 34.5 Å². The number of hydrogen-bond acceptors (Lipinski definition) is 1. The van der Waals surface area contributed by atoms with Crippen molar-refractivity contribution in [3.63, 3.8) is 0 Å². The molecule has 0 aromatic rings. The van der Waals surface area contributed by atoms with Crippen molar-refractivity contribution in [1.29, 1.82) is 0 Å². The van der Waals surface area contributed by atoms with Gasteiger partial charge in [0.2, 0.25) is 0 Å². The first-order valence-electron chi connectivity index (χ1n) is 7.13. The van der Waals surface area contributed by atoms with Gasteiger partial charge in [-0.1, -0.05) is 20.8 Å². The van der Waals surface area contributed by atoms with Crippen molar-refractivity contribution in [2.45, 2.75) is 52.9 Å². The third kappa shape index (κ3) is 1.11. The Bertz CT molecular complexity index is 296. The highest BCUT2D eigenvalue weighted by Crippen LogP contribution is 2.70. The number of aliphatic hydroxyl groups is 1. The lowest BCUT2D eigenvalue weighted by Gasteiger charge is -2.53. The minimum atomic E-state index is 0.374. The standard InChI is InChI=1S/C15H26O/c1-10-4-5-13-14(2,3)12(9-16)11-6-7-15(10,13)8-11/h10-13,16H,4-9H2,1-3H3. The van der Waals surface area contributed by atoms with E-state index < -0.39 is 0 Å². The summed E-state index contributed by atoms with van der Waals surface area (Å²) in [6, 6.07) is 0. The molecule has 0 aliphatic heterocycles. The fourth-order valence-corrected chi connectivity index (χ4v) is 5.95. The molecule has 1 spiro atoms. The first-order chi connectivity index (χ1) is 7.52. The lowest BCUT2D eigenvalue weighted by molar-refractivity contribution is -0.0675. The lowest BCUT2D eigenvalue weighted by Crippen LogP contribution is -2.48. The van der Waals surface area contributed by atoms with E-state index in [0.29, 0.717) is 23.4 Å². The second-order valence-electron chi connectivity index (χ2n) is 7.38. The largest absolute Gasteiger partial charge is 0.396 e. The fraction of sp³-hybridized carbons (Fsp3) is 1.00. The molecule has 2 bridgehead atoms. The van der Waals surface area contributed by atoms with Gasteiger partial charge in [0.25, 0.3) is 0 Å². The molecule has 0 radical (unpaired) electrons. The van der Waals surface area contributed by atoms with Gasteiger partial charge in [0.15, 0.2) is 0 Å². The van der Waals surface area contributed by atoms with Crippen molar-refractivity contribution in [2.24, 2.45) is 34.5 Å². The first-order valence-corrected chi connectivity index (χ1v) is 7.13. The van der Waals surface area contributed by atoms with Gasteiger partial charge in [-0.3, -0.25) is 0 Å². The molecule has 5 unspecified atom stereocenters. The van der Waals surface area contributed by atoms with Gasteiger partial charge in [0.1, 0.15) is 0 Å². The Balaban J connectivity index is 2.03.